The Morgan fingerprint density at radius 2 is 1.58 bits per heavy atom. The molecular weight excluding hydrogens is 392 g/mol. The minimum absolute atomic E-state index is 0.558. The Labute approximate surface area is 184 Å². The highest BCUT2D eigenvalue weighted by atomic mass is 16.4. The van der Waals surface area contributed by atoms with Crippen LogP contribution < -0.4 is 4.90 Å². The molecule has 1 atom stereocenters. The van der Waals surface area contributed by atoms with Crippen LogP contribution in [0.3, 0.4) is 0 Å². The number of aliphatic carboxylic acids is 2. The molecule has 0 saturated carbocycles. The summed E-state index contributed by atoms with van der Waals surface area (Å²) in [6.45, 7) is 3.55. The number of carboxylic acids is 2. The molecule has 1 heterocycles. The molecule has 0 aromatic heterocycles. The molecule has 0 aliphatic carbocycles. The Bertz CT molecular complexity index is 808. The Kier molecular flexibility index (Phi) is 10.3. The van der Waals surface area contributed by atoms with Crippen molar-refractivity contribution in [3.05, 3.63) is 78.4 Å². The van der Waals surface area contributed by atoms with E-state index in [4.69, 9.17) is 10.2 Å². The first-order valence-electron chi connectivity index (χ1n) is 10.6. The van der Waals surface area contributed by atoms with Gasteiger partial charge in [0.15, 0.2) is 0 Å². The third-order valence-electron chi connectivity index (χ3n) is 5.20. The predicted octanol–water partition coefficient (Wildman–Crippen LogP) is 3.93. The van der Waals surface area contributed by atoms with Crippen LogP contribution in [0.25, 0.3) is 0 Å². The fraction of sp³-hybridized carbons (Fsp3) is 0.360. The van der Waals surface area contributed by atoms with E-state index in [0.717, 1.165) is 0 Å². The number of benzene rings is 2. The molecule has 1 saturated heterocycles. The van der Waals surface area contributed by atoms with Crippen LogP contribution in [0.2, 0.25) is 0 Å². The van der Waals surface area contributed by atoms with Gasteiger partial charge in [0, 0.05) is 37.0 Å². The molecule has 1 unspecified atom stereocenters. The molecule has 6 nitrogen and oxygen atoms in total. The topological polar surface area (TPSA) is 81.1 Å². The van der Waals surface area contributed by atoms with Gasteiger partial charge in [-0.15, -0.1) is 0 Å². The zero-order valence-corrected chi connectivity index (χ0v) is 18.1. The summed E-state index contributed by atoms with van der Waals surface area (Å²) in [5.41, 5.74) is 2.83. The maximum atomic E-state index is 9.55. The molecule has 2 N–H and O–H groups in total. The standard InChI is InChI=1S/C21H28N2.C4H4O4/c1-22(16-8-12-19-10-4-2-5-11-19)18-21-15-9-17-23(21)20-13-6-3-7-14-20;5-3(6)1-2-4(7)8/h2-7,10-11,13-14,21H,8-9,12,15-18H2,1H3;1-2H,(H,5,6)(H,7,8)/b;2-1+. The summed E-state index contributed by atoms with van der Waals surface area (Å²) < 4.78 is 0. The van der Waals surface area contributed by atoms with E-state index in [1.165, 1.54) is 56.6 Å². The number of carbonyl (C=O) groups is 2. The van der Waals surface area contributed by atoms with E-state index in [1.807, 2.05) is 0 Å². The fourth-order valence-electron chi connectivity index (χ4n) is 3.78. The van der Waals surface area contributed by atoms with Crippen LogP contribution in [0, 0.1) is 0 Å². The van der Waals surface area contributed by atoms with Gasteiger partial charge in [-0.1, -0.05) is 48.5 Å². The smallest absolute Gasteiger partial charge is 0.328 e. The molecule has 1 aliphatic heterocycles. The Balaban J connectivity index is 0.000000366. The first-order valence-corrected chi connectivity index (χ1v) is 10.6. The lowest BCUT2D eigenvalue weighted by Crippen LogP contribution is -2.39. The lowest BCUT2D eigenvalue weighted by Gasteiger charge is -2.30. The third-order valence-corrected chi connectivity index (χ3v) is 5.20. The molecule has 166 valence electrons. The predicted molar refractivity (Wildman–Crippen MR) is 123 cm³/mol. The lowest BCUT2D eigenvalue weighted by molar-refractivity contribution is -0.134. The molecule has 1 aliphatic rings. The molecule has 0 spiro atoms. The van der Waals surface area contributed by atoms with E-state index in [0.29, 0.717) is 18.2 Å². The minimum atomic E-state index is -1.26. The van der Waals surface area contributed by atoms with E-state index >= 15 is 0 Å². The van der Waals surface area contributed by atoms with Gasteiger partial charge in [-0.05, 0) is 57.0 Å². The summed E-state index contributed by atoms with van der Waals surface area (Å²) in [5.74, 6) is -2.51. The molecular formula is C25H32N2O4. The van der Waals surface area contributed by atoms with Crippen LogP contribution in [0.4, 0.5) is 5.69 Å². The Morgan fingerprint density at radius 1 is 1.00 bits per heavy atom. The molecule has 31 heavy (non-hydrogen) atoms. The van der Waals surface area contributed by atoms with Gasteiger partial charge in [-0.2, -0.15) is 0 Å². The second-order valence-corrected chi connectivity index (χ2v) is 7.69. The van der Waals surface area contributed by atoms with Gasteiger partial charge in [0.2, 0.25) is 0 Å². The molecule has 1 fully saturated rings. The first kappa shape index (κ1) is 24.2. The van der Waals surface area contributed by atoms with E-state index in [2.05, 4.69) is 77.5 Å². The first-order chi connectivity index (χ1) is 15.0. The van der Waals surface area contributed by atoms with Crippen molar-refractivity contribution in [3.63, 3.8) is 0 Å². The largest absolute Gasteiger partial charge is 0.478 e. The van der Waals surface area contributed by atoms with E-state index < -0.39 is 11.9 Å². The van der Waals surface area contributed by atoms with Crippen LogP contribution >= 0.6 is 0 Å². The number of hydrogen-bond acceptors (Lipinski definition) is 4. The molecule has 0 bridgehead atoms. The molecule has 6 heteroatoms. The number of anilines is 1. The van der Waals surface area contributed by atoms with E-state index in [1.54, 1.807) is 0 Å². The zero-order valence-electron chi connectivity index (χ0n) is 18.1. The lowest BCUT2D eigenvalue weighted by atomic mass is 10.1. The normalized spacial score (nSPS) is 15.7. The molecule has 0 radical (unpaired) electrons. The number of para-hydroxylation sites is 1. The van der Waals surface area contributed by atoms with Crippen molar-refractivity contribution >= 4 is 17.6 Å². The second-order valence-electron chi connectivity index (χ2n) is 7.69. The summed E-state index contributed by atoms with van der Waals surface area (Å²) in [4.78, 5) is 24.2. The summed E-state index contributed by atoms with van der Waals surface area (Å²) in [5, 5.41) is 15.6. The van der Waals surface area contributed by atoms with Crippen molar-refractivity contribution in [2.24, 2.45) is 0 Å². The molecule has 2 aromatic rings. The quantitative estimate of drug-likeness (QED) is 0.594. The zero-order chi connectivity index (χ0) is 22.5. The van der Waals surface area contributed by atoms with Crippen molar-refractivity contribution in [1.29, 1.82) is 0 Å². The van der Waals surface area contributed by atoms with Crippen molar-refractivity contribution in [1.82, 2.24) is 4.90 Å². The molecule has 0 amide bonds. The highest BCUT2D eigenvalue weighted by Crippen LogP contribution is 2.25. The summed E-state index contributed by atoms with van der Waals surface area (Å²) in [6, 6.07) is 22.4. The average molecular weight is 425 g/mol. The van der Waals surface area contributed by atoms with Crippen molar-refractivity contribution in [2.45, 2.75) is 31.7 Å². The second kappa shape index (κ2) is 13.2. The van der Waals surface area contributed by atoms with Crippen LogP contribution in [0.1, 0.15) is 24.8 Å². The monoisotopic (exact) mass is 424 g/mol. The van der Waals surface area contributed by atoms with Crippen LogP contribution in [0.5, 0.6) is 0 Å². The van der Waals surface area contributed by atoms with Gasteiger partial charge in [0.1, 0.15) is 0 Å². The van der Waals surface area contributed by atoms with Gasteiger partial charge in [-0.25, -0.2) is 9.59 Å². The fourth-order valence-corrected chi connectivity index (χ4v) is 3.78. The van der Waals surface area contributed by atoms with Gasteiger partial charge < -0.3 is 20.0 Å². The Hall–Kier alpha value is -3.12. The van der Waals surface area contributed by atoms with Gasteiger partial charge in [0.25, 0.3) is 0 Å². The van der Waals surface area contributed by atoms with Crippen LogP contribution in [0.15, 0.2) is 72.8 Å². The SMILES string of the molecule is CN(CCCc1ccccc1)CC1CCCN1c1ccccc1.O=C(O)/C=C/C(=O)O. The average Bonchev–Trinajstić information content (AvgIpc) is 3.22. The van der Waals surface area contributed by atoms with E-state index in [-0.39, 0.29) is 0 Å². The number of rotatable bonds is 9. The summed E-state index contributed by atoms with van der Waals surface area (Å²) >= 11 is 0. The number of nitrogens with zero attached hydrogens (tertiary/aromatic N) is 2. The molecule has 2 aromatic carbocycles. The van der Waals surface area contributed by atoms with E-state index in [9.17, 15) is 9.59 Å². The summed E-state index contributed by atoms with van der Waals surface area (Å²) in [6.07, 6.45) is 6.16. The highest BCUT2D eigenvalue weighted by Gasteiger charge is 2.25. The van der Waals surface area contributed by atoms with Gasteiger partial charge >= 0.3 is 11.9 Å². The number of carboxylic acid groups (broad SMARTS) is 2. The highest BCUT2D eigenvalue weighted by molar-refractivity contribution is 5.89. The van der Waals surface area contributed by atoms with Crippen LogP contribution in [-0.2, 0) is 16.0 Å². The number of likely N-dealkylation sites (N-methyl/N-ethyl adjacent to an activating group) is 1. The maximum absolute atomic E-state index is 9.55. The summed E-state index contributed by atoms with van der Waals surface area (Å²) in [7, 11) is 2.27. The molecule has 3 rings (SSSR count). The van der Waals surface area contributed by atoms with Gasteiger partial charge in [-0.3, -0.25) is 0 Å². The maximum Gasteiger partial charge on any atom is 0.328 e. The van der Waals surface area contributed by atoms with Crippen LogP contribution in [-0.4, -0.2) is 59.8 Å². The van der Waals surface area contributed by atoms with Crippen molar-refractivity contribution < 1.29 is 19.8 Å². The Morgan fingerprint density at radius 3 is 2.16 bits per heavy atom. The van der Waals surface area contributed by atoms with Crippen molar-refractivity contribution in [2.75, 3.05) is 31.6 Å². The number of hydrogen-bond donors (Lipinski definition) is 2. The minimum Gasteiger partial charge on any atom is -0.478 e. The third kappa shape index (κ3) is 9.49. The number of aryl methyl sites for hydroxylation is 1. The van der Waals surface area contributed by atoms with Crippen molar-refractivity contribution in [3.8, 4) is 0 Å². The van der Waals surface area contributed by atoms with Gasteiger partial charge in [0.05, 0.1) is 0 Å².